The summed E-state index contributed by atoms with van der Waals surface area (Å²) in [4.78, 5) is 13.6. The molecule has 0 aromatic heterocycles. The van der Waals surface area contributed by atoms with Crippen LogP contribution in [0.3, 0.4) is 0 Å². The molecule has 164 valence electrons. The standard InChI is InChI=1S/C23H30ClNO4S/c1-5-28-22(15-30-19-9-7-18(24)8-10-19)23(26)25-13-12-17-6-11-20(29-16(2)3)21(14-17)27-4/h6-11,14,16,22H,5,12-13,15H2,1-4H3,(H,25,26)/t22-/m1/s1. The Bertz CT molecular complexity index is 798. The number of methoxy groups -OCH3 is 1. The van der Waals surface area contributed by atoms with Gasteiger partial charge in [-0.15, -0.1) is 11.8 Å². The number of thioether (sulfide) groups is 1. The second-order valence-electron chi connectivity index (χ2n) is 6.90. The maximum absolute atomic E-state index is 12.6. The van der Waals surface area contributed by atoms with E-state index in [2.05, 4.69) is 5.32 Å². The Hall–Kier alpha value is -1.89. The zero-order valence-electron chi connectivity index (χ0n) is 17.9. The van der Waals surface area contributed by atoms with Crippen LogP contribution in [0.4, 0.5) is 0 Å². The minimum Gasteiger partial charge on any atom is -0.493 e. The highest BCUT2D eigenvalue weighted by atomic mass is 35.5. The summed E-state index contributed by atoms with van der Waals surface area (Å²) in [6, 6.07) is 13.4. The average Bonchev–Trinajstić information content (AvgIpc) is 2.72. The molecule has 0 bridgehead atoms. The molecule has 0 aliphatic heterocycles. The highest BCUT2D eigenvalue weighted by molar-refractivity contribution is 7.99. The number of halogens is 1. The van der Waals surface area contributed by atoms with Crippen molar-refractivity contribution >= 4 is 29.3 Å². The van der Waals surface area contributed by atoms with Crippen molar-refractivity contribution in [1.82, 2.24) is 5.32 Å². The lowest BCUT2D eigenvalue weighted by Gasteiger charge is -2.17. The molecule has 2 rings (SSSR count). The molecule has 0 heterocycles. The highest BCUT2D eigenvalue weighted by Gasteiger charge is 2.19. The third kappa shape index (κ3) is 8.09. The molecule has 7 heteroatoms. The topological polar surface area (TPSA) is 56.8 Å². The van der Waals surface area contributed by atoms with Crippen LogP contribution in [0.15, 0.2) is 47.4 Å². The van der Waals surface area contributed by atoms with E-state index in [1.54, 1.807) is 18.9 Å². The number of carbonyl (C=O) groups is 1. The molecule has 30 heavy (non-hydrogen) atoms. The van der Waals surface area contributed by atoms with E-state index in [0.717, 1.165) is 16.2 Å². The first-order valence-electron chi connectivity index (χ1n) is 10.0. The Morgan fingerprint density at radius 2 is 1.87 bits per heavy atom. The van der Waals surface area contributed by atoms with Gasteiger partial charge in [0.1, 0.15) is 6.10 Å². The van der Waals surface area contributed by atoms with Gasteiger partial charge in [0.2, 0.25) is 5.91 Å². The summed E-state index contributed by atoms with van der Waals surface area (Å²) in [6.07, 6.45) is 0.255. The molecule has 0 aliphatic carbocycles. The van der Waals surface area contributed by atoms with Gasteiger partial charge in [-0.25, -0.2) is 0 Å². The van der Waals surface area contributed by atoms with Gasteiger partial charge < -0.3 is 19.5 Å². The Balaban J connectivity index is 1.86. The third-order valence-corrected chi connectivity index (χ3v) is 5.51. The minimum absolute atomic E-state index is 0.0743. The van der Waals surface area contributed by atoms with Crippen molar-refractivity contribution in [2.75, 3.05) is 26.0 Å². The van der Waals surface area contributed by atoms with Gasteiger partial charge in [-0.2, -0.15) is 0 Å². The molecule has 0 spiro atoms. The molecule has 2 aromatic carbocycles. The normalized spacial score (nSPS) is 11.9. The van der Waals surface area contributed by atoms with Crippen LogP contribution >= 0.6 is 23.4 Å². The van der Waals surface area contributed by atoms with Gasteiger partial charge in [-0.3, -0.25) is 4.79 Å². The maximum Gasteiger partial charge on any atom is 0.250 e. The lowest BCUT2D eigenvalue weighted by atomic mass is 10.1. The molecule has 1 atom stereocenters. The van der Waals surface area contributed by atoms with Crippen LogP contribution in [0, 0.1) is 0 Å². The largest absolute Gasteiger partial charge is 0.493 e. The first kappa shape index (κ1) is 24.4. The van der Waals surface area contributed by atoms with Gasteiger partial charge in [0.05, 0.1) is 13.2 Å². The number of nitrogens with one attached hydrogen (secondary N) is 1. The minimum atomic E-state index is -0.507. The fourth-order valence-corrected chi connectivity index (χ4v) is 3.81. The summed E-state index contributed by atoms with van der Waals surface area (Å²) < 4.78 is 16.8. The molecule has 0 saturated carbocycles. The van der Waals surface area contributed by atoms with Gasteiger partial charge in [0.25, 0.3) is 0 Å². The summed E-state index contributed by atoms with van der Waals surface area (Å²) in [6.45, 7) is 6.83. The number of ether oxygens (including phenoxy) is 3. The van der Waals surface area contributed by atoms with E-state index in [9.17, 15) is 4.79 Å². The number of benzene rings is 2. The van der Waals surface area contributed by atoms with Gasteiger partial charge in [0.15, 0.2) is 11.5 Å². The van der Waals surface area contributed by atoms with Gasteiger partial charge >= 0.3 is 0 Å². The van der Waals surface area contributed by atoms with Crippen molar-refractivity contribution in [2.24, 2.45) is 0 Å². The predicted molar refractivity (Wildman–Crippen MR) is 123 cm³/mol. The Morgan fingerprint density at radius 3 is 2.50 bits per heavy atom. The molecule has 0 aliphatic rings. The highest BCUT2D eigenvalue weighted by Crippen LogP contribution is 2.29. The quantitative estimate of drug-likeness (QED) is 0.460. The van der Waals surface area contributed by atoms with Crippen LogP contribution in [0.25, 0.3) is 0 Å². The molecule has 0 saturated heterocycles. The zero-order chi connectivity index (χ0) is 21.9. The molecule has 5 nitrogen and oxygen atoms in total. The van der Waals surface area contributed by atoms with E-state index in [0.29, 0.717) is 36.1 Å². The summed E-state index contributed by atoms with van der Waals surface area (Å²) in [5.41, 5.74) is 1.06. The molecule has 1 amide bonds. The van der Waals surface area contributed by atoms with Crippen LogP contribution in [0.2, 0.25) is 5.02 Å². The van der Waals surface area contributed by atoms with Crippen LogP contribution < -0.4 is 14.8 Å². The summed E-state index contributed by atoms with van der Waals surface area (Å²) in [5, 5.41) is 3.67. The van der Waals surface area contributed by atoms with Gasteiger partial charge in [-0.1, -0.05) is 17.7 Å². The van der Waals surface area contributed by atoms with Gasteiger partial charge in [-0.05, 0) is 69.2 Å². The summed E-state index contributed by atoms with van der Waals surface area (Å²) in [5.74, 6) is 1.84. The van der Waals surface area contributed by atoms with Crippen molar-refractivity contribution in [3.63, 3.8) is 0 Å². The lowest BCUT2D eigenvalue weighted by Crippen LogP contribution is -2.39. The summed E-state index contributed by atoms with van der Waals surface area (Å²) >= 11 is 7.49. The van der Waals surface area contributed by atoms with Crippen LogP contribution in [-0.2, 0) is 16.0 Å². The second kappa shape index (κ2) is 12.7. The van der Waals surface area contributed by atoms with E-state index in [1.165, 1.54) is 0 Å². The van der Waals surface area contributed by atoms with E-state index in [4.69, 9.17) is 25.8 Å². The van der Waals surface area contributed by atoms with Crippen LogP contribution in [-0.4, -0.2) is 44.1 Å². The van der Waals surface area contributed by atoms with Crippen LogP contribution in [0.5, 0.6) is 11.5 Å². The predicted octanol–water partition coefficient (Wildman–Crippen LogP) is 4.99. The van der Waals surface area contributed by atoms with Crippen LogP contribution in [0.1, 0.15) is 26.3 Å². The molecule has 0 fully saturated rings. The monoisotopic (exact) mass is 451 g/mol. The Morgan fingerprint density at radius 1 is 1.13 bits per heavy atom. The van der Waals surface area contributed by atoms with Crippen molar-refractivity contribution in [3.8, 4) is 11.5 Å². The number of carbonyl (C=O) groups excluding carboxylic acids is 1. The van der Waals surface area contributed by atoms with E-state index in [-0.39, 0.29) is 12.0 Å². The fraction of sp³-hybridized carbons (Fsp3) is 0.435. The summed E-state index contributed by atoms with van der Waals surface area (Å²) in [7, 11) is 1.62. The molecule has 2 aromatic rings. The first-order valence-corrected chi connectivity index (χ1v) is 11.4. The average molecular weight is 452 g/mol. The van der Waals surface area contributed by atoms with Crippen molar-refractivity contribution in [1.29, 1.82) is 0 Å². The number of rotatable bonds is 12. The number of hydrogen-bond acceptors (Lipinski definition) is 5. The molecule has 1 N–H and O–H groups in total. The number of hydrogen-bond donors (Lipinski definition) is 1. The Labute approximate surface area is 188 Å². The molecule has 0 radical (unpaired) electrons. The SMILES string of the molecule is CCO[C@H](CSc1ccc(Cl)cc1)C(=O)NCCc1ccc(OC(C)C)c(OC)c1. The molecule has 0 unspecified atom stereocenters. The maximum atomic E-state index is 12.6. The van der Waals surface area contributed by atoms with E-state index < -0.39 is 6.10 Å². The van der Waals surface area contributed by atoms with E-state index in [1.807, 2.05) is 63.2 Å². The lowest BCUT2D eigenvalue weighted by molar-refractivity contribution is -0.131. The zero-order valence-corrected chi connectivity index (χ0v) is 19.5. The molecular formula is C23H30ClNO4S. The van der Waals surface area contributed by atoms with Crippen molar-refractivity contribution in [3.05, 3.63) is 53.1 Å². The smallest absolute Gasteiger partial charge is 0.250 e. The first-order chi connectivity index (χ1) is 14.4. The third-order valence-electron chi connectivity index (χ3n) is 4.18. The second-order valence-corrected chi connectivity index (χ2v) is 8.43. The Kier molecular flexibility index (Phi) is 10.3. The van der Waals surface area contributed by atoms with Gasteiger partial charge in [0, 0.05) is 28.8 Å². The molecular weight excluding hydrogens is 422 g/mol. The van der Waals surface area contributed by atoms with Crippen molar-refractivity contribution < 1.29 is 19.0 Å². The van der Waals surface area contributed by atoms with Crippen molar-refractivity contribution in [2.45, 2.75) is 44.3 Å². The fourth-order valence-electron chi connectivity index (χ4n) is 2.77. The number of amides is 1. The van der Waals surface area contributed by atoms with E-state index >= 15 is 0 Å².